The van der Waals surface area contributed by atoms with E-state index in [1.165, 1.54) is 11.3 Å². The SMILES string of the molecule is O=C1ON=C(c2cccs2)C1=C/C(Br)=C\c1ccccc1. The fourth-order valence-electron chi connectivity index (χ4n) is 1.89. The number of benzene rings is 1. The molecule has 104 valence electrons. The van der Waals surface area contributed by atoms with Crippen LogP contribution >= 0.6 is 27.3 Å². The number of carbonyl (C=O) groups excluding carboxylic acids is 1. The summed E-state index contributed by atoms with van der Waals surface area (Å²) in [7, 11) is 0. The highest BCUT2D eigenvalue weighted by atomic mass is 79.9. The van der Waals surface area contributed by atoms with E-state index < -0.39 is 5.97 Å². The number of thiophene rings is 1. The van der Waals surface area contributed by atoms with E-state index in [1.807, 2.05) is 53.9 Å². The third kappa shape index (κ3) is 3.20. The summed E-state index contributed by atoms with van der Waals surface area (Å²) in [4.78, 5) is 17.5. The molecular weight excluding hydrogens is 350 g/mol. The fraction of sp³-hybridized carbons (Fsp3) is 0. The Balaban J connectivity index is 1.92. The van der Waals surface area contributed by atoms with Gasteiger partial charge in [-0.05, 0) is 29.2 Å². The van der Waals surface area contributed by atoms with Crippen LogP contribution in [0.15, 0.2) is 69.1 Å². The second-order valence-electron chi connectivity index (χ2n) is 4.29. The number of oxime groups is 1. The predicted molar refractivity (Wildman–Crippen MR) is 88.4 cm³/mol. The Kier molecular flexibility index (Phi) is 4.13. The maximum absolute atomic E-state index is 11.8. The van der Waals surface area contributed by atoms with Gasteiger partial charge in [-0.25, -0.2) is 4.79 Å². The molecule has 0 bridgehead atoms. The Morgan fingerprint density at radius 2 is 2.00 bits per heavy atom. The molecule has 2 aromatic rings. The molecule has 1 aromatic heterocycles. The van der Waals surface area contributed by atoms with Gasteiger partial charge in [0.15, 0.2) is 0 Å². The van der Waals surface area contributed by atoms with Crippen LogP contribution in [0.4, 0.5) is 0 Å². The van der Waals surface area contributed by atoms with Crippen molar-refractivity contribution in [1.82, 2.24) is 0 Å². The summed E-state index contributed by atoms with van der Waals surface area (Å²) in [5, 5.41) is 5.80. The number of halogens is 1. The van der Waals surface area contributed by atoms with Gasteiger partial charge in [0.1, 0.15) is 5.71 Å². The number of allylic oxidation sites excluding steroid dienone is 2. The van der Waals surface area contributed by atoms with Crippen molar-refractivity contribution in [2.75, 3.05) is 0 Å². The number of nitrogens with zero attached hydrogens (tertiary/aromatic N) is 1. The Bertz CT molecular complexity index is 746. The first-order valence-corrected chi connectivity index (χ1v) is 7.89. The Hall–Kier alpha value is -1.98. The van der Waals surface area contributed by atoms with Crippen LogP contribution in [0.25, 0.3) is 6.08 Å². The lowest BCUT2D eigenvalue weighted by molar-refractivity contribution is -0.136. The summed E-state index contributed by atoms with van der Waals surface area (Å²) >= 11 is 4.99. The molecule has 0 atom stereocenters. The molecular formula is C16H10BrNO2S. The molecule has 1 aliphatic heterocycles. The third-order valence-corrected chi connectivity index (χ3v) is 4.17. The predicted octanol–water partition coefficient (Wildman–Crippen LogP) is 4.37. The summed E-state index contributed by atoms with van der Waals surface area (Å²) in [6.07, 6.45) is 3.67. The molecule has 1 aromatic carbocycles. The molecule has 5 heteroatoms. The van der Waals surface area contributed by atoms with Gasteiger partial charge in [0.25, 0.3) is 0 Å². The smallest absolute Gasteiger partial charge is 0.312 e. The maximum Gasteiger partial charge on any atom is 0.368 e. The molecule has 0 saturated carbocycles. The number of carbonyl (C=O) groups is 1. The minimum Gasteiger partial charge on any atom is -0.312 e. The van der Waals surface area contributed by atoms with Crippen molar-refractivity contribution in [3.05, 3.63) is 74.4 Å². The van der Waals surface area contributed by atoms with Crippen LogP contribution in [-0.4, -0.2) is 11.7 Å². The zero-order chi connectivity index (χ0) is 14.7. The molecule has 2 heterocycles. The molecule has 0 fully saturated rings. The van der Waals surface area contributed by atoms with Gasteiger partial charge in [-0.15, -0.1) is 11.3 Å². The highest BCUT2D eigenvalue weighted by molar-refractivity contribution is 9.12. The highest BCUT2D eigenvalue weighted by Crippen LogP contribution is 2.24. The standard InChI is InChI=1S/C16H10BrNO2S/c17-12(9-11-5-2-1-3-6-11)10-13-15(18-20-16(13)19)14-7-4-8-21-14/h1-10H/b12-9+,13-10?. The first kappa shape index (κ1) is 14.0. The van der Waals surface area contributed by atoms with Crippen molar-refractivity contribution >= 4 is 45.0 Å². The van der Waals surface area contributed by atoms with Gasteiger partial charge in [0.2, 0.25) is 0 Å². The minimum atomic E-state index is -0.434. The monoisotopic (exact) mass is 359 g/mol. The summed E-state index contributed by atoms with van der Waals surface area (Å²) < 4.78 is 0.784. The van der Waals surface area contributed by atoms with Gasteiger partial charge in [0, 0.05) is 4.48 Å². The van der Waals surface area contributed by atoms with E-state index in [4.69, 9.17) is 4.84 Å². The van der Waals surface area contributed by atoms with Gasteiger partial charge in [-0.1, -0.05) is 57.5 Å². The van der Waals surface area contributed by atoms with Gasteiger partial charge in [0.05, 0.1) is 10.5 Å². The van der Waals surface area contributed by atoms with Crippen molar-refractivity contribution in [3.8, 4) is 0 Å². The summed E-state index contributed by atoms with van der Waals surface area (Å²) in [6, 6.07) is 13.7. The topological polar surface area (TPSA) is 38.7 Å². The average Bonchev–Trinajstić information content (AvgIpc) is 3.11. The van der Waals surface area contributed by atoms with E-state index in [-0.39, 0.29) is 0 Å². The maximum atomic E-state index is 11.8. The summed E-state index contributed by atoms with van der Waals surface area (Å²) in [5.74, 6) is -0.434. The fourth-order valence-corrected chi connectivity index (χ4v) is 3.10. The highest BCUT2D eigenvalue weighted by Gasteiger charge is 2.27. The lowest BCUT2D eigenvalue weighted by atomic mass is 10.1. The second-order valence-corrected chi connectivity index (χ2v) is 6.16. The molecule has 0 saturated heterocycles. The molecule has 21 heavy (non-hydrogen) atoms. The van der Waals surface area contributed by atoms with Crippen molar-refractivity contribution in [3.63, 3.8) is 0 Å². The van der Waals surface area contributed by atoms with Gasteiger partial charge in [-0.2, -0.15) is 0 Å². The average molecular weight is 360 g/mol. The lowest BCUT2D eigenvalue weighted by Crippen LogP contribution is -2.05. The first-order chi connectivity index (χ1) is 10.2. The van der Waals surface area contributed by atoms with E-state index in [1.54, 1.807) is 6.08 Å². The lowest BCUT2D eigenvalue weighted by Gasteiger charge is -1.97. The van der Waals surface area contributed by atoms with Crippen LogP contribution in [0.3, 0.4) is 0 Å². The van der Waals surface area contributed by atoms with E-state index >= 15 is 0 Å². The van der Waals surface area contributed by atoms with Crippen LogP contribution < -0.4 is 0 Å². The molecule has 0 aliphatic carbocycles. The van der Waals surface area contributed by atoms with Crippen LogP contribution in [-0.2, 0) is 9.63 Å². The molecule has 3 nitrogen and oxygen atoms in total. The quantitative estimate of drug-likeness (QED) is 0.602. The van der Waals surface area contributed by atoms with Crippen LogP contribution in [0.2, 0.25) is 0 Å². The van der Waals surface area contributed by atoms with E-state index in [0.717, 1.165) is 14.9 Å². The zero-order valence-electron chi connectivity index (χ0n) is 10.8. The largest absolute Gasteiger partial charge is 0.368 e. The van der Waals surface area contributed by atoms with E-state index in [0.29, 0.717) is 11.3 Å². The normalized spacial score (nSPS) is 17.0. The summed E-state index contributed by atoms with van der Waals surface area (Å²) in [5.41, 5.74) is 2.08. The van der Waals surface area contributed by atoms with E-state index in [9.17, 15) is 4.79 Å². The first-order valence-electron chi connectivity index (χ1n) is 6.21. The second kappa shape index (κ2) is 6.20. The summed E-state index contributed by atoms with van der Waals surface area (Å²) in [6.45, 7) is 0. The van der Waals surface area contributed by atoms with E-state index in [2.05, 4.69) is 21.1 Å². The molecule has 0 spiro atoms. The number of rotatable bonds is 3. The van der Waals surface area contributed by atoms with Crippen LogP contribution in [0, 0.1) is 0 Å². The Labute approximate surface area is 134 Å². The van der Waals surface area contributed by atoms with Gasteiger partial charge < -0.3 is 4.84 Å². The molecule has 0 unspecified atom stereocenters. The minimum absolute atomic E-state index is 0.434. The van der Waals surface area contributed by atoms with Crippen molar-refractivity contribution in [2.24, 2.45) is 5.16 Å². The Morgan fingerprint density at radius 1 is 1.19 bits per heavy atom. The number of hydrogen-bond acceptors (Lipinski definition) is 4. The molecule has 3 rings (SSSR count). The Morgan fingerprint density at radius 3 is 2.71 bits per heavy atom. The van der Waals surface area contributed by atoms with Crippen molar-refractivity contribution < 1.29 is 9.63 Å². The van der Waals surface area contributed by atoms with Gasteiger partial charge in [-0.3, -0.25) is 0 Å². The van der Waals surface area contributed by atoms with Crippen molar-refractivity contribution in [1.29, 1.82) is 0 Å². The van der Waals surface area contributed by atoms with Crippen LogP contribution in [0.1, 0.15) is 10.4 Å². The van der Waals surface area contributed by atoms with Gasteiger partial charge >= 0.3 is 5.97 Å². The molecule has 1 aliphatic rings. The van der Waals surface area contributed by atoms with Crippen molar-refractivity contribution in [2.45, 2.75) is 0 Å². The van der Waals surface area contributed by atoms with Crippen LogP contribution in [0.5, 0.6) is 0 Å². The molecule has 0 amide bonds. The zero-order valence-corrected chi connectivity index (χ0v) is 13.2. The number of hydrogen-bond donors (Lipinski definition) is 0. The molecule has 0 N–H and O–H groups in total. The third-order valence-electron chi connectivity index (χ3n) is 2.84. The molecule has 0 radical (unpaired) electrons.